The quantitative estimate of drug-likeness (QED) is 0.216. The van der Waals surface area contributed by atoms with Gasteiger partial charge in [-0.05, 0) is 69.5 Å². The Hall–Kier alpha value is -6.12. The fourth-order valence-corrected chi connectivity index (χ4v) is 6.69. The maximum atomic E-state index is 14.1. The third kappa shape index (κ3) is 22.1. The zero-order valence-corrected chi connectivity index (χ0v) is 41.0. The van der Waals surface area contributed by atoms with E-state index in [0.717, 1.165) is 33.4 Å². The summed E-state index contributed by atoms with van der Waals surface area (Å²) in [5.41, 5.74) is 7.37. The van der Waals surface area contributed by atoms with Gasteiger partial charge in [0.25, 0.3) is 0 Å². The molecule has 20 heteroatoms. The standard InChI is InChI=1S/C46H40N4O2.2C2H3N.2ClHO4.2Cu/c1-31-23-37-27-47-41(33-15-7-3-8-16-33)43(35-19-11-5-12-20-35)49-29-39-25-32(2)26-40(46(39)52)30-50-44(36-21-13-6-14-22-36)42(34-17-9-4-10-18-34)48-28-38(24-31)45(37)51;2*1-2-3;2*2-1(3,4)5;;/h3-30,41-44,51-52H,1-2H3;2*1H3;2*(H,2,3,4,5);;/q;;;;;2*+2/p-4/t41-,42-,43-,44-;;;;;;/m1....../s1. The molecule has 2 radical (unpaired) electrons. The largest absolute Gasteiger partial charge is 2.00 e. The zero-order chi connectivity index (χ0) is 50.3. The van der Waals surface area contributed by atoms with Gasteiger partial charge in [0.15, 0.2) is 0 Å². The Bertz CT molecular complexity index is 2350. The van der Waals surface area contributed by atoms with Crippen molar-refractivity contribution >= 4 is 24.9 Å². The molecule has 370 valence electrons. The Morgan fingerprint density at radius 1 is 0.386 bits per heavy atom. The number of aliphatic imine (C=N–C) groups is 4. The van der Waals surface area contributed by atoms with Crippen molar-refractivity contribution in [2.24, 2.45) is 20.0 Å². The van der Waals surface area contributed by atoms with Crippen LogP contribution in [0.2, 0.25) is 0 Å². The Labute approximate surface area is 431 Å². The van der Waals surface area contributed by atoms with Crippen LogP contribution in [0.3, 0.4) is 0 Å². The molecule has 1 aliphatic heterocycles. The summed E-state index contributed by atoms with van der Waals surface area (Å²) in [6.07, 6.45) is 6.64. The van der Waals surface area contributed by atoms with Crippen LogP contribution in [-0.2, 0) is 34.1 Å². The topological polar surface area (TPSA) is 328 Å². The smallest absolute Gasteiger partial charge is 0.872 e. The van der Waals surface area contributed by atoms with Gasteiger partial charge in [-0.1, -0.05) is 157 Å². The van der Waals surface area contributed by atoms with E-state index in [2.05, 4.69) is 0 Å². The Balaban J connectivity index is 0.00000119. The van der Waals surface area contributed by atoms with Crippen molar-refractivity contribution in [3.05, 3.63) is 201 Å². The summed E-state index contributed by atoms with van der Waals surface area (Å²) >= 11 is 0. The van der Waals surface area contributed by atoms with Crippen LogP contribution in [0.4, 0.5) is 0 Å². The molecule has 1 aliphatic rings. The number of hydrogen-bond acceptors (Lipinski definition) is 16. The molecule has 0 spiro atoms. The molecule has 16 nitrogen and oxygen atoms in total. The van der Waals surface area contributed by atoms with E-state index >= 15 is 0 Å². The molecule has 0 amide bonds. The predicted octanol–water partition coefficient (Wildman–Crippen LogP) is 0.348. The van der Waals surface area contributed by atoms with E-state index in [1.807, 2.05) is 159 Å². The number of nitrogens with zero attached hydrogens (tertiary/aromatic N) is 6. The summed E-state index contributed by atoms with van der Waals surface area (Å²) < 4.78 is 67.9. The molecule has 1 heterocycles. The average Bonchev–Trinajstić information content (AvgIpc) is 3.28. The van der Waals surface area contributed by atoms with E-state index in [0.29, 0.717) is 22.3 Å². The molecule has 6 aromatic rings. The molecule has 4 atom stereocenters. The molecule has 0 N–H and O–H groups in total. The fourth-order valence-electron chi connectivity index (χ4n) is 6.69. The second-order valence-electron chi connectivity index (χ2n) is 14.3. The van der Waals surface area contributed by atoms with Gasteiger partial charge in [0.1, 0.15) is 24.2 Å². The summed E-state index contributed by atoms with van der Waals surface area (Å²) in [6.45, 7) is 6.79. The molecule has 4 bridgehead atoms. The average molecular weight is 1090 g/mol. The molecule has 0 fully saturated rings. The minimum Gasteiger partial charge on any atom is -0.872 e. The fraction of sp³-hybridized carbons (Fsp3) is 0.160. The second-order valence-corrected chi connectivity index (χ2v) is 15.8. The van der Waals surface area contributed by atoms with Crippen molar-refractivity contribution in [1.29, 1.82) is 10.5 Å². The molecule has 0 saturated heterocycles. The number of nitriles is 2. The number of halogens is 2. The normalized spacial score (nSPS) is 15.9. The SMILES string of the molecule is CC#N.CC#N.Cc1cc2c([O-])c(c1)C=N[C@H](c1ccccc1)[C@@H](c1ccccc1)N=Cc1cc(C)cc(c1[O-])C=N[C@H](c1ccccc1)[C@@H](c1ccccc1)N=C2.[Cu+2].[Cu+2].[O-][Cl+3]([O-])([O-])[O-].[O-][Cl+3]([O-])([O-])[O-]. The van der Waals surface area contributed by atoms with Crippen molar-refractivity contribution in [2.45, 2.75) is 51.9 Å². The number of fused-ring (bicyclic) bond motifs is 4. The monoisotopic (exact) mass is 1080 g/mol. The van der Waals surface area contributed by atoms with Crippen molar-refractivity contribution in [3.63, 3.8) is 0 Å². The van der Waals surface area contributed by atoms with Crippen LogP contribution >= 0.6 is 0 Å². The van der Waals surface area contributed by atoms with Gasteiger partial charge < -0.3 is 10.2 Å². The molecular formula is C50H44Cl2Cu2N6O10. The minimum absolute atomic E-state index is 0. The van der Waals surface area contributed by atoms with Gasteiger partial charge in [-0.25, -0.2) is 37.3 Å². The van der Waals surface area contributed by atoms with E-state index in [1.165, 1.54) is 13.8 Å². The first-order valence-corrected chi connectivity index (χ1v) is 22.6. The minimum atomic E-state index is -4.94. The van der Waals surface area contributed by atoms with Crippen LogP contribution < -0.4 is 47.5 Å². The van der Waals surface area contributed by atoms with Gasteiger partial charge in [0.2, 0.25) is 0 Å². The first-order valence-electron chi connectivity index (χ1n) is 20.1. The molecule has 0 unspecified atom stereocenters. The van der Waals surface area contributed by atoms with Gasteiger partial charge in [-0.2, -0.15) is 10.5 Å². The van der Waals surface area contributed by atoms with Crippen molar-refractivity contribution in [1.82, 2.24) is 0 Å². The van der Waals surface area contributed by atoms with Crippen LogP contribution in [0.1, 0.15) is 93.6 Å². The van der Waals surface area contributed by atoms with Crippen LogP contribution in [0, 0.1) is 57.0 Å². The molecule has 0 aliphatic carbocycles. The molecular weight excluding hydrogens is 1040 g/mol. The molecule has 0 aromatic heterocycles. The summed E-state index contributed by atoms with van der Waals surface area (Å²) in [5.74, 6) is -0.336. The van der Waals surface area contributed by atoms with Gasteiger partial charge in [-0.15, -0.1) is 20.5 Å². The predicted molar refractivity (Wildman–Crippen MR) is 231 cm³/mol. The molecule has 7 rings (SSSR count). The van der Waals surface area contributed by atoms with E-state index in [1.54, 1.807) is 37.0 Å². The maximum Gasteiger partial charge on any atom is 2.00 e. The number of aryl methyl sites for hydroxylation is 2. The molecule has 70 heavy (non-hydrogen) atoms. The summed E-state index contributed by atoms with van der Waals surface area (Å²) in [4.78, 5) is 20.4. The van der Waals surface area contributed by atoms with Crippen molar-refractivity contribution < 1.29 is 102 Å². The molecule has 6 aromatic carbocycles. The Morgan fingerprint density at radius 2 is 0.543 bits per heavy atom. The van der Waals surface area contributed by atoms with Crippen molar-refractivity contribution in [2.75, 3.05) is 0 Å². The summed E-state index contributed by atoms with van der Waals surface area (Å²) in [7, 11) is -9.89. The first kappa shape index (κ1) is 61.9. The third-order valence-electron chi connectivity index (χ3n) is 9.24. The van der Waals surface area contributed by atoms with Crippen molar-refractivity contribution in [3.8, 4) is 23.6 Å². The van der Waals surface area contributed by atoms with Crippen LogP contribution in [0.15, 0.2) is 166 Å². The zero-order valence-electron chi connectivity index (χ0n) is 37.6. The van der Waals surface area contributed by atoms with Gasteiger partial charge in [-0.3, -0.25) is 20.0 Å². The number of benzene rings is 6. The Morgan fingerprint density at radius 3 is 0.700 bits per heavy atom. The first-order chi connectivity index (χ1) is 32.3. The Kier molecular flexibility index (Phi) is 27.6. The van der Waals surface area contributed by atoms with Crippen LogP contribution in [0.25, 0.3) is 0 Å². The van der Waals surface area contributed by atoms with Gasteiger partial charge >= 0.3 is 34.1 Å². The van der Waals surface area contributed by atoms with Crippen LogP contribution in [0.5, 0.6) is 11.5 Å². The summed E-state index contributed by atoms with van der Waals surface area (Å²) in [6, 6.07) is 48.6. The van der Waals surface area contributed by atoms with E-state index in [4.69, 9.17) is 67.8 Å². The molecule has 0 saturated carbocycles. The third-order valence-corrected chi connectivity index (χ3v) is 9.24. The number of hydrogen-bond donors (Lipinski definition) is 0. The second kappa shape index (κ2) is 31.2. The number of rotatable bonds is 4. The van der Waals surface area contributed by atoms with Gasteiger partial charge in [0.05, 0.1) is 12.1 Å². The maximum absolute atomic E-state index is 14.1. The van der Waals surface area contributed by atoms with E-state index < -0.39 is 44.7 Å². The van der Waals surface area contributed by atoms with Gasteiger partial charge in [0, 0.05) is 38.7 Å². The van der Waals surface area contributed by atoms with E-state index in [-0.39, 0.29) is 45.6 Å². The summed E-state index contributed by atoms with van der Waals surface area (Å²) in [5, 5.41) is 42.9. The van der Waals surface area contributed by atoms with E-state index in [9.17, 15) is 10.2 Å². The van der Waals surface area contributed by atoms with Crippen LogP contribution in [-0.4, -0.2) is 24.9 Å².